The maximum atomic E-state index is 6.18. The maximum absolute atomic E-state index is 6.18. The second-order valence-corrected chi connectivity index (χ2v) is 6.10. The van der Waals surface area contributed by atoms with Gasteiger partial charge in [0.05, 0.1) is 6.20 Å². The monoisotopic (exact) mass is 285 g/mol. The van der Waals surface area contributed by atoms with Crippen LogP contribution in [0.25, 0.3) is 0 Å². The molecule has 2 aliphatic rings. The van der Waals surface area contributed by atoms with Gasteiger partial charge in [-0.1, -0.05) is 30.9 Å². The lowest BCUT2D eigenvalue weighted by Gasteiger charge is -2.41. The van der Waals surface area contributed by atoms with Crippen molar-refractivity contribution in [2.45, 2.75) is 32.1 Å². The van der Waals surface area contributed by atoms with Crippen molar-refractivity contribution in [1.29, 1.82) is 0 Å². The number of hydrogen-bond donors (Lipinski definition) is 0. The Bertz CT molecular complexity index is 438. The molecule has 18 heavy (non-hydrogen) atoms. The van der Waals surface area contributed by atoms with E-state index in [2.05, 4.69) is 14.9 Å². The van der Waals surface area contributed by atoms with Crippen LogP contribution < -0.4 is 4.90 Å². The van der Waals surface area contributed by atoms with Gasteiger partial charge in [0, 0.05) is 13.1 Å². The van der Waals surface area contributed by atoms with Crippen molar-refractivity contribution in [2.75, 3.05) is 18.0 Å². The molecular weight excluding hydrogens is 269 g/mol. The minimum atomic E-state index is 0.278. The molecule has 3 nitrogen and oxygen atoms in total. The molecule has 2 fully saturated rings. The van der Waals surface area contributed by atoms with E-state index in [0.717, 1.165) is 30.7 Å². The van der Waals surface area contributed by atoms with Crippen molar-refractivity contribution in [3.63, 3.8) is 0 Å². The number of halogens is 2. The molecule has 2 heterocycles. The van der Waals surface area contributed by atoms with Gasteiger partial charge in [-0.3, -0.25) is 0 Å². The first kappa shape index (κ1) is 12.5. The third kappa shape index (κ3) is 2.43. The second kappa shape index (κ2) is 5.22. The molecule has 0 spiro atoms. The lowest BCUT2D eigenvalue weighted by molar-refractivity contribution is 0.202. The summed E-state index contributed by atoms with van der Waals surface area (Å²) < 4.78 is 0. The largest absolute Gasteiger partial charge is 0.355 e. The van der Waals surface area contributed by atoms with E-state index < -0.39 is 0 Å². The van der Waals surface area contributed by atoms with Gasteiger partial charge in [0.2, 0.25) is 5.28 Å². The van der Waals surface area contributed by atoms with Crippen LogP contribution in [0.3, 0.4) is 0 Å². The van der Waals surface area contributed by atoms with E-state index in [1.807, 2.05) is 0 Å². The fourth-order valence-corrected chi connectivity index (χ4v) is 3.69. The molecule has 2 atom stereocenters. The summed E-state index contributed by atoms with van der Waals surface area (Å²) in [6.45, 7) is 2.10. The van der Waals surface area contributed by atoms with E-state index >= 15 is 0 Å². The highest BCUT2D eigenvalue weighted by Gasteiger charge is 2.32. The Balaban J connectivity index is 1.79. The van der Waals surface area contributed by atoms with Crippen LogP contribution in [0.4, 0.5) is 5.82 Å². The average Bonchev–Trinajstić information content (AvgIpc) is 2.41. The minimum Gasteiger partial charge on any atom is -0.355 e. The number of piperidine rings is 1. The van der Waals surface area contributed by atoms with Gasteiger partial charge in [-0.15, -0.1) is 0 Å². The summed E-state index contributed by atoms with van der Waals surface area (Å²) in [5.74, 6) is 2.52. The van der Waals surface area contributed by atoms with Crippen LogP contribution in [0, 0.1) is 11.8 Å². The molecule has 1 saturated carbocycles. The van der Waals surface area contributed by atoms with E-state index in [9.17, 15) is 0 Å². The Kier molecular flexibility index (Phi) is 3.62. The summed E-state index contributed by atoms with van der Waals surface area (Å²) in [5, 5.41) is 0.883. The Labute approximate surface area is 118 Å². The predicted molar refractivity (Wildman–Crippen MR) is 74.3 cm³/mol. The number of rotatable bonds is 1. The molecule has 0 bridgehead atoms. The van der Waals surface area contributed by atoms with Crippen molar-refractivity contribution >= 4 is 29.0 Å². The van der Waals surface area contributed by atoms with Crippen molar-refractivity contribution in [2.24, 2.45) is 11.8 Å². The standard InChI is InChI=1S/C13H17Cl2N3/c14-11-7-16-13(15)17-12(11)18-6-5-9-3-1-2-4-10(9)8-18/h7,9-10H,1-6,8H2. The number of aromatic nitrogens is 2. The molecule has 0 N–H and O–H groups in total. The summed E-state index contributed by atoms with van der Waals surface area (Å²) in [6, 6.07) is 0. The van der Waals surface area contributed by atoms with Crippen LogP contribution in [0.2, 0.25) is 10.3 Å². The van der Waals surface area contributed by atoms with E-state index in [0.29, 0.717) is 5.02 Å². The third-order valence-electron chi connectivity index (χ3n) is 4.29. The van der Waals surface area contributed by atoms with Gasteiger partial charge in [0.15, 0.2) is 5.82 Å². The SMILES string of the molecule is Clc1ncc(Cl)c(N2CCC3CCCCC3C2)n1. The molecule has 1 aliphatic heterocycles. The Morgan fingerprint density at radius 1 is 1.11 bits per heavy atom. The lowest BCUT2D eigenvalue weighted by Crippen LogP contribution is -2.42. The first-order valence-electron chi connectivity index (χ1n) is 6.67. The van der Waals surface area contributed by atoms with E-state index in [1.54, 1.807) is 6.20 Å². The minimum absolute atomic E-state index is 0.278. The van der Waals surface area contributed by atoms with E-state index in [4.69, 9.17) is 23.2 Å². The van der Waals surface area contributed by atoms with Gasteiger partial charge in [0.1, 0.15) is 5.02 Å². The summed E-state index contributed by atoms with van der Waals surface area (Å²) in [7, 11) is 0. The smallest absolute Gasteiger partial charge is 0.224 e. The Morgan fingerprint density at radius 3 is 2.72 bits per heavy atom. The first-order valence-corrected chi connectivity index (χ1v) is 7.42. The van der Waals surface area contributed by atoms with Crippen molar-refractivity contribution in [1.82, 2.24) is 9.97 Å². The van der Waals surface area contributed by atoms with Gasteiger partial charge in [-0.2, -0.15) is 4.98 Å². The highest BCUT2D eigenvalue weighted by Crippen LogP contribution is 2.38. The Hall–Kier alpha value is -0.540. The van der Waals surface area contributed by atoms with Crippen LogP contribution in [-0.2, 0) is 0 Å². The number of nitrogens with zero attached hydrogens (tertiary/aromatic N) is 3. The predicted octanol–water partition coefficient (Wildman–Crippen LogP) is 3.80. The number of anilines is 1. The molecule has 0 radical (unpaired) electrons. The normalized spacial score (nSPS) is 28.0. The molecule has 3 rings (SSSR count). The summed E-state index contributed by atoms with van der Waals surface area (Å²) in [5.41, 5.74) is 0. The molecule has 0 aromatic carbocycles. The Morgan fingerprint density at radius 2 is 1.89 bits per heavy atom. The zero-order valence-electron chi connectivity index (χ0n) is 10.3. The molecule has 0 amide bonds. The maximum Gasteiger partial charge on any atom is 0.224 e. The van der Waals surface area contributed by atoms with E-state index in [-0.39, 0.29) is 5.28 Å². The molecule has 1 aromatic rings. The number of hydrogen-bond acceptors (Lipinski definition) is 3. The average molecular weight is 286 g/mol. The van der Waals surface area contributed by atoms with Crippen LogP contribution >= 0.6 is 23.2 Å². The molecule has 1 saturated heterocycles. The molecule has 2 unspecified atom stereocenters. The zero-order valence-corrected chi connectivity index (χ0v) is 11.8. The highest BCUT2D eigenvalue weighted by atomic mass is 35.5. The fraction of sp³-hybridized carbons (Fsp3) is 0.692. The molecule has 1 aliphatic carbocycles. The van der Waals surface area contributed by atoms with Crippen LogP contribution in [0.1, 0.15) is 32.1 Å². The van der Waals surface area contributed by atoms with Crippen molar-refractivity contribution in [3.8, 4) is 0 Å². The van der Waals surface area contributed by atoms with Gasteiger partial charge in [-0.25, -0.2) is 4.98 Å². The lowest BCUT2D eigenvalue weighted by atomic mass is 9.75. The molecule has 1 aromatic heterocycles. The van der Waals surface area contributed by atoms with Gasteiger partial charge in [-0.05, 0) is 36.3 Å². The van der Waals surface area contributed by atoms with Crippen LogP contribution in [0.15, 0.2) is 6.20 Å². The van der Waals surface area contributed by atoms with E-state index in [1.165, 1.54) is 32.1 Å². The van der Waals surface area contributed by atoms with Gasteiger partial charge >= 0.3 is 0 Å². The summed E-state index contributed by atoms with van der Waals surface area (Å²) in [4.78, 5) is 10.5. The highest BCUT2D eigenvalue weighted by molar-refractivity contribution is 6.33. The first-order chi connectivity index (χ1) is 8.74. The van der Waals surface area contributed by atoms with Crippen molar-refractivity contribution in [3.05, 3.63) is 16.5 Å². The topological polar surface area (TPSA) is 29.0 Å². The summed E-state index contributed by atoms with van der Waals surface area (Å²) >= 11 is 12.0. The quantitative estimate of drug-likeness (QED) is 0.735. The zero-order chi connectivity index (χ0) is 12.5. The third-order valence-corrected chi connectivity index (χ3v) is 4.74. The number of fused-ring (bicyclic) bond motifs is 1. The van der Waals surface area contributed by atoms with Crippen LogP contribution in [0.5, 0.6) is 0 Å². The van der Waals surface area contributed by atoms with Gasteiger partial charge < -0.3 is 4.90 Å². The van der Waals surface area contributed by atoms with Crippen molar-refractivity contribution < 1.29 is 0 Å². The molecular formula is C13H17Cl2N3. The van der Waals surface area contributed by atoms with Gasteiger partial charge in [0.25, 0.3) is 0 Å². The second-order valence-electron chi connectivity index (χ2n) is 5.35. The molecule has 5 heteroatoms. The fourth-order valence-electron chi connectivity index (χ4n) is 3.35. The van der Waals surface area contributed by atoms with Crippen LogP contribution in [-0.4, -0.2) is 23.1 Å². The molecule has 98 valence electrons. The summed E-state index contributed by atoms with van der Waals surface area (Å²) in [6.07, 6.45) is 8.37.